The van der Waals surface area contributed by atoms with Gasteiger partial charge in [0.2, 0.25) is 11.8 Å². The highest BCUT2D eigenvalue weighted by Gasteiger charge is 2.24. The standard InChI is InChI=1S/C18H25N5O2/c1-22(2)15-9-6-12-23(13-15)18(24)19-11-10-16-20-21-17(25-16)14-7-4-3-5-8-14/h3-5,7-8,15H,6,9-13H2,1-2H3,(H,19,24). The first-order valence-electron chi connectivity index (χ1n) is 8.70. The average molecular weight is 343 g/mol. The number of piperidine rings is 1. The van der Waals surface area contributed by atoms with Crippen LogP contribution in [0, 0.1) is 0 Å². The van der Waals surface area contributed by atoms with Gasteiger partial charge in [0.15, 0.2) is 0 Å². The molecule has 1 saturated heterocycles. The van der Waals surface area contributed by atoms with Crippen LogP contribution in [0.15, 0.2) is 34.7 Å². The minimum absolute atomic E-state index is 0.0191. The minimum atomic E-state index is -0.0191. The van der Waals surface area contributed by atoms with E-state index in [1.165, 1.54) is 0 Å². The fraction of sp³-hybridized carbons (Fsp3) is 0.500. The van der Waals surface area contributed by atoms with Crippen molar-refractivity contribution in [3.63, 3.8) is 0 Å². The zero-order valence-corrected chi connectivity index (χ0v) is 14.8. The summed E-state index contributed by atoms with van der Waals surface area (Å²) in [6.07, 6.45) is 2.71. The highest BCUT2D eigenvalue weighted by molar-refractivity contribution is 5.74. The monoisotopic (exact) mass is 343 g/mol. The average Bonchev–Trinajstić information content (AvgIpc) is 3.11. The van der Waals surface area contributed by atoms with Crippen molar-refractivity contribution in [2.75, 3.05) is 33.7 Å². The lowest BCUT2D eigenvalue weighted by molar-refractivity contribution is 0.140. The highest BCUT2D eigenvalue weighted by Crippen LogP contribution is 2.17. The van der Waals surface area contributed by atoms with Crippen LogP contribution >= 0.6 is 0 Å². The van der Waals surface area contributed by atoms with Gasteiger partial charge in [-0.15, -0.1) is 10.2 Å². The summed E-state index contributed by atoms with van der Waals surface area (Å²) in [5.41, 5.74) is 0.897. The van der Waals surface area contributed by atoms with Crippen LogP contribution in [-0.2, 0) is 6.42 Å². The molecule has 3 rings (SSSR count). The van der Waals surface area contributed by atoms with Crippen LogP contribution in [0.1, 0.15) is 18.7 Å². The van der Waals surface area contributed by atoms with E-state index in [0.717, 1.165) is 31.5 Å². The summed E-state index contributed by atoms with van der Waals surface area (Å²) >= 11 is 0. The van der Waals surface area contributed by atoms with Gasteiger partial charge in [0, 0.05) is 37.7 Å². The van der Waals surface area contributed by atoms with E-state index in [1.807, 2.05) is 35.2 Å². The number of nitrogens with zero attached hydrogens (tertiary/aromatic N) is 4. The maximum Gasteiger partial charge on any atom is 0.317 e. The Balaban J connectivity index is 1.47. The number of carbonyl (C=O) groups is 1. The van der Waals surface area contributed by atoms with E-state index in [0.29, 0.717) is 30.8 Å². The Morgan fingerprint density at radius 1 is 1.32 bits per heavy atom. The van der Waals surface area contributed by atoms with Crippen molar-refractivity contribution in [2.45, 2.75) is 25.3 Å². The Hall–Kier alpha value is -2.41. The number of urea groups is 1. The summed E-state index contributed by atoms with van der Waals surface area (Å²) in [6, 6.07) is 10.1. The predicted molar refractivity (Wildman–Crippen MR) is 95.1 cm³/mol. The minimum Gasteiger partial charge on any atom is -0.421 e. The Morgan fingerprint density at radius 2 is 2.12 bits per heavy atom. The molecule has 0 spiro atoms. The molecule has 1 N–H and O–H groups in total. The fourth-order valence-corrected chi connectivity index (χ4v) is 3.00. The topological polar surface area (TPSA) is 74.5 Å². The number of amides is 2. The number of likely N-dealkylation sites (tertiary alicyclic amines) is 1. The van der Waals surface area contributed by atoms with E-state index in [1.54, 1.807) is 0 Å². The fourth-order valence-electron chi connectivity index (χ4n) is 3.00. The molecule has 1 aromatic heterocycles. The smallest absolute Gasteiger partial charge is 0.317 e. The third-order valence-electron chi connectivity index (χ3n) is 4.52. The van der Waals surface area contributed by atoms with Crippen LogP contribution < -0.4 is 5.32 Å². The van der Waals surface area contributed by atoms with Crippen LogP contribution in [0.4, 0.5) is 4.79 Å². The summed E-state index contributed by atoms with van der Waals surface area (Å²) < 4.78 is 5.65. The maximum atomic E-state index is 12.3. The van der Waals surface area contributed by atoms with Crippen LogP contribution in [0.2, 0.25) is 0 Å². The molecule has 7 nitrogen and oxygen atoms in total. The molecular weight excluding hydrogens is 318 g/mol. The molecule has 0 radical (unpaired) electrons. The zero-order chi connectivity index (χ0) is 17.6. The molecule has 25 heavy (non-hydrogen) atoms. The van der Waals surface area contributed by atoms with Crippen LogP contribution in [0.5, 0.6) is 0 Å². The quantitative estimate of drug-likeness (QED) is 0.899. The lowest BCUT2D eigenvalue weighted by atomic mass is 10.1. The van der Waals surface area contributed by atoms with Gasteiger partial charge >= 0.3 is 6.03 Å². The number of nitrogens with one attached hydrogen (secondary N) is 1. The number of likely N-dealkylation sites (N-methyl/N-ethyl adjacent to an activating group) is 1. The molecule has 0 aliphatic carbocycles. The number of hydrogen-bond acceptors (Lipinski definition) is 5. The van der Waals surface area contributed by atoms with E-state index < -0.39 is 0 Å². The third-order valence-corrected chi connectivity index (χ3v) is 4.52. The van der Waals surface area contributed by atoms with Gasteiger partial charge in [0.1, 0.15) is 0 Å². The molecule has 1 aliphatic heterocycles. The van der Waals surface area contributed by atoms with Gasteiger partial charge < -0.3 is 19.5 Å². The van der Waals surface area contributed by atoms with E-state index in [2.05, 4.69) is 34.5 Å². The summed E-state index contributed by atoms with van der Waals surface area (Å²) in [6.45, 7) is 2.07. The molecule has 1 aromatic carbocycles. The molecule has 1 fully saturated rings. The summed E-state index contributed by atoms with van der Waals surface area (Å²) in [5, 5.41) is 11.1. The number of benzene rings is 1. The zero-order valence-electron chi connectivity index (χ0n) is 14.8. The molecule has 134 valence electrons. The first kappa shape index (κ1) is 17.4. The lowest BCUT2D eigenvalue weighted by Crippen LogP contribution is -2.51. The molecular formula is C18H25N5O2. The van der Waals surface area contributed by atoms with Crippen LogP contribution in [-0.4, -0.2) is 65.8 Å². The van der Waals surface area contributed by atoms with Crippen LogP contribution in [0.3, 0.4) is 0 Å². The van der Waals surface area contributed by atoms with Crippen molar-refractivity contribution >= 4 is 6.03 Å². The number of rotatable bonds is 5. The molecule has 1 atom stereocenters. The Bertz CT molecular complexity index is 686. The second-order valence-corrected chi connectivity index (χ2v) is 6.55. The molecule has 2 amide bonds. The maximum absolute atomic E-state index is 12.3. The van der Waals surface area contributed by atoms with Crippen LogP contribution in [0.25, 0.3) is 11.5 Å². The second-order valence-electron chi connectivity index (χ2n) is 6.55. The van der Waals surface area contributed by atoms with Crippen molar-refractivity contribution in [3.8, 4) is 11.5 Å². The summed E-state index contributed by atoms with van der Waals surface area (Å²) in [5.74, 6) is 1.04. The van der Waals surface area contributed by atoms with Crippen molar-refractivity contribution in [1.82, 2.24) is 25.3 Å². The van der Waals surface area contributed by atoms with E-state index in [9.17, 15) is 4.79 Å². The first-order valence-corrected chi connectivity index (χ1v) is 8.70. The first-order chi connectivity index (χ1) is 12.1. The van der Waals surface area contributed by atoms with Crippen molar-refractivity contribution in [1.29, 1.82) is 0 Å². The van der Waals surface area contributed by atoms with Gasteiger partial charge in [-0.2, -0.15) is 0 Å². The van der Waals surface area contributed by atoms with E-state index >= 15 is 0 Å². The third kappa shape index (κ3) is 4.57. The molecule has 1 aliphatic rings. The summed E-state index contributed by atoms with van der Waals surface area (Å²) in [7, 11) is 4.12. The second kappa shape index (κ2) is 8.11. The largest absolute Gasteiger partial charge is 0.421 e. The predicted octanol–water partition coefficient (Wildman–Crippen LogP) is 2.01. The van der Waals surface area contributed by atoms with Gasteiger partial charge in [-0.05, 0) is 39.1 Å². The molecule has 0 saturated carbocycles. The number of aromatic nitrogens is 2. The number of hydrogen-bond donors (Lipinski definition) is 1. The van der Waals surface area contributed by atoms with Crippen molar-refractivity contribution in [2.24, 2.45) is 0 Å². The SMILES string of the molecule is CN(C)C1CCCN(C(=O)NCCc2nnc(-c3ccccc3)o2)C1. The van der Waals surface area contributed by atoms with Gasteiger partial charge in [0.05, 0.1) is 0 Å². The Morgan fingerprint density at radius 3 is 2.88 bits per heavy atom. The molecule has 0 bridgehead atoms. The van der Waals surface area contributed by atoms with E-state index in [-0.39, 0.29) is 6.03 Å². The van der Waals surface area contributed by atoms with Gasteiger partial charge in [0.25, 0.3) is 0 Å². The Kier molecular flexibility index (Phi) is 5.65. The summed E-state index contributed by atoms with van der Waals surface area (Å²) in [4.78, 5) is 16.4. The van der Waals surface area contributed by atoms with Gasteiger partial charge in [-0.3, -0.25) is 0 Å². The highest BCUT2D eigenvalue weighted by atomic mass is 16.4. The molecule has 2 heterocycles. The normalized spacial score (nSPS) is 17.7. The lowest BCUT2D eigenvalue weighted by Gasteiger charge is -2.36. The van der Waals surface area contributed by atoms with Gasteiger partial charge in [-0.25, -0.2) is 4.79 Å². The number of carbonyl (C=O) groups excluding carboxylic acids is 1. The van der Waals surface area contributed by atoms with Gasteiger partial charge in [-0.1, -0.05) is 18.2 Å². The van der Waals surface area contributed by atoms with Crippen molar-refractivity contribution < 1.29 is 9.21 Å². The molecule has 2 aromatic rings. The Labute approximate surface area is 148 Å². The molecule has 1 unspecified atom stereocenters. The van der Waals surface area contributed by atoms with Crippen molar-refractivity contribution in [3.05, 3.63) is 36.2 Å². The molecule has 7 heteroatoms. The van der Waals surface area contributed by atoms with E-state index in [4.69, 9.17) is 4.42 Å².